The van der Waals surface area contributed by atoms with Gasteiger partial charge in [0.05, 0.1) is 13.7 Å². The smallest absolute Gasteiger partial charge is 0.250 e. The summed E-state index contributed by atoms with van der Waals surface area (Å²) in [5.74, 6) is 1.13. The third-order valence-electron chi connectivity index (χ3n) is 2.99. The number of aldehydes is 1. The second-order valence-electron chi connectivity index (χ2n) is 4.22. The highest BCUT2D eigenvalue weighted by atomic mass is 32.1. The van der Waals surface area contributed by atoms with E-state index in [1.165, 1.54) is 18.4 Å². The average Bonchev–Trinajstić information content (AvgIpc) is 3.08. The molecule has 0 spiro atoms. The summed E-state index contributed by atoms with van der Waals surface area (Å²) in [7, 11) is 1.51. The fourth-order valence-corrected chi connectivity index (χ4v) is 2.68. The quantitative estimate of drug-likeness (QED) is 0.733. The molecular formula is C14H12N2O4S. The van der Waals surface area contributed by atoms with Crippen LogP contribution in [0.4, 0.5) is 0 Å². The lowest BCUT2D eigenvalue weighted by atomic mass is 10.2. The zero-order chi connectivity index (χ0) is 14.8. The number of fused-ring (bicyclic) bond motifs is 1. The Labute approximate surface area is 124 Å². The topological polar surface area (TPSA) is 73.1 Å². The highest BCUT2D eigenvalue weighted by molar-refractivity contribution is 7.15. The molecule has 0 radical (unpaired) electrons. The maximum absolute atomic E-state index is 11.2. The van der Waals surface area contributed by atoms with Crippen molar-refractivity contribution in [3.05, 3.63) is 41.0 Å². The molecule has 2 heterocycles. The summed E-state index contributed by atoms with van der Waals surface area (Å²) in [5.41, 5.74) is 1.06. The summed E-state index contributed by atoms with van der Waals surface area (Å²) in [6.45, 7) is -0.0869. The summed E-state index contributed by atoms with van der Waals surface area (Å²) < 4.78 is 12.6. The molecule has 0 saturated carbocycles. The van der Waals surface area contributed by atoms with Crippen molar-refractivity contribution in [2.24, 2.45) is 0 Å². The Kier molecular flexibility index (Phi) is 3.59. The number of rotatable bonds is 5. The number of aromatic nitrogens is 2. The van der Waals surface area contributed by atoms with Crippen molar-refractivity contribution >= 4 is 22.6 Å². The highest BCUT2D eigenvalue weighted by Crippen LogP contribution is 2.34. The molecule has 3 aromatic rings. The van der Waals surface area contributed by atoms with E-state index in [0.29, 0.717) is 34.0 Å². The van der Waals surface area contributed by atoms with Gasteiger partial charge in [0, 0.05) is 11.6 Å². The zero-order valence-corrected chi connectivity index (χ0v) is 12.0. The molecule has 0 atom stereocenters. The zero-order valence-electron chi connectivity index (χ0n) is 11.1. The van der Waals surface area contributed by atoms with Crippen LogP contribution in [0.25, 0.3) is 4.96 Å². The second-order valence-corrected chi connectivity index (χ2v) is 5.09. The molecule has 1 aromatic carbocycles. The van der Waals surface area contributed by atoms with Crippen LogP contribution in [0, 0.1) is 0 Å². The number of ether oxygens (including phenoxy) is 2. The van der Waals surface area contributed by atoms with E-state index in [9.17, 15) is 4.79 Å². The molecule has 7 heteroatoms. The highest BCUT2D eigenvalue weighted by Gasteiger charge is 2.16. The number of nitrogens with zero attached hydrogens (tertiary/aromatic N) is 2. The van der Waals surface area contributed by atoms with Crippen LogP contribution in [-0.2, 0) is 6.61 Å². The Morgan fingerprint density at radius 3 is 3.00 bits per heavy atom. The van der Waals surface area contributed by atoms with Gasteiger partial charge in [-0.05, 0) is 17.7 Å². The molecular weight excluding hydrogens is 292 g/mol. The second kappa shape index (κ2) is 5.55. The van der Waals surface area contributed by atoms with E-state index in [4.69, 9.17) is 14.6 Å². The third-order valence-corrected chi connectivity index (χ3v) is 3.75. The van der Waals surface area contributed by atoms with Crippen LogP contribution < -0.4 is 9.47 Å². The van der Waals surface area contributed by atoms with Crippen molar-refractivity contribution < 1.29 is 19.4 Å². The first-order valence-corrected chi connectivity index (χ1v) is 7.01. The lowest BCUT2D eigenvalue weighted by molar-refractivity contribution is 0.111. The first-order valence-electron chi connectivity index (χ1n) is 6.13. The molecule has 2 aromatic heterocycles. The van der Waals surface area contributed by atoms with Gasteiger partial charge in [-0.3, -0.25) is 9.20 Å². The number of imidazole rings is 1. The van der Waals surface area contributed by atoms with Gasteiger partial charge < -0.3 is 14.6 Å². The summed E-state index contributed by atoms with van der Waals surface area (Å²) in [6.07, 6.45) is 2.46. The number of aliphatic hydroxyl groups is 1. The van der Waals surface area contributed by atoms with E-state index in [1.807, 2.05) is 5.38 Å². The minimum absolute atomic E-state index is 0.0869. The third kappa shape index (κ3) is 2.37. The van der Waals surface area contributed by atoms with Gasteiger partial charge >= 0.3 is 0 Å². The van der Waals surface area contributed by atoms with Gasteiger partial charge in [-0.2, -0.15) is 4.98 Å². The van der Waals surface area contributed by atoms with Crippen molar-refractivity contribution in [2.75, 3.05) is 7.11 Å². The van der Waals surface area contributed by atoms with Crippen molar-refractivity contribution in [3.8, 4) is 17.4 Å². The molecule has 0 saturated heterocycles. The van der Waals surface area contributed by atoms with Gasteiger partial charge in [-0.25, -0.2) is 0 Å². The fourth-order valence-electron chi connectivity index (χ4n) is 1.96. The van der Waals surface area contributed by atoms with Crippen LogP contribution in [0.2, 0.25) is 0 Å². The summed E-state index contributed by atoms with van der Waals surface area (Å²) in [4.78, 5) is 16.2. The molecule has 0 bridgehead atoms. The van der Waals surface area contributed by atoms with E-state index in [0.717, 1.165) is 0 Å². The summed E-state index contributed by atoms with van der Waals surface area (Å²) in [6, 6.07) is 5.07. The molecule has 0 aliphatic rings. The number of hydrogen-bond donors (Lipinski definition) is 1. The molecule has 6 nitrogen and oxygen atoms in total. The number of benzene rings is 1. The Hall–Kier alpha value is -2.38. The Balaban J connectivity index is 2.01. The maximum atomic E-state index is 11.2. The van der Waals surface area contributed by atoms with E-state index in [-0.39, 0.29) is 12.5 Å². The van der Waals surface area contributed by atoms with Gasteiger partial charge in [-0.15, -0.1) is 11.3 Å². The predicted octanol–water partition coefficient (Wildman–Crippen LogP) is 2.50. The normalized spacial score (nSPS) is 10.8. The lowest BCUT2D eigenvalue weighted by Crippen LogP contribution is -1.95. The number of carbonyl (C=O) groups is 1. The lowest BCUT2D eigenvalue weighted by Gasteiger charge is -2.10. The van der Waals surface area contributed by atoms with Crippen molar-refractivity contribution in [1.29, 1.82) is 0 Å². The SMILES string of the molecule is COc1cc(CO)ccc1Oc1nc2sccn2c1C=O. The first-order chi connectivity index (χ1) is 10.3. The maximum Gasteiger partial charge on any atom is 0.250 e. The Bertz CT molecular complexity index is 793. The molecule has 0 unspecified atom stereocenters. The molecule has 0 aliphatic carbocycles. The van der Waals surface area contributed by atoms with E-state index in [2.05, 4.69) is 4.98 Å². The molecule has 1 N–H and O–H groups in total. The van der Waals surface area contributed by atoms with Crippen LogP contribution in [0.1, 0.15) is 16.1 Å². The van der Waals surface area contributed by atoms with Crippen LogP contribution in [0.5, 0.6) is 17.4 Å². The van der Waals surface area contributed by atoms with Gasteiger partial charge in [0.15, 0.2) is 28.4 Å². The average molecular weight is 304 g/mol. The molecule has 21 heavy (non-hydrogen) atoms. The largest absolute Gasteiger partial charge is 0.493 e. The minimum Gasteiger partial charge on any atom is -0.493 e. The van der Waals surface area contributed by atoms with E-state index < -0.39 is 0 Å². The van der Waals surface area contributed by atoms with Crippen LogP contribution >= 0.6 is 11.3 Å². The van der Waals surface area contributed by atoms with Crippen LogP contribution in [0.15, 0.2) is 29.8 Å². The molecule has 108 valence electrons. The number of aliphatic hydroxyl groups excluding tert-OH is 1. The van der Waals surface area contributed by atoms with Crippen LogP contribution in [0.3, 0.4) is 0 Å². The van der Waals surface area contributed by atoms with Gasteiger partial charge in [0.1, 0.15) is 0 Å². The molecule has 3 rings (SSSR count). The van der Waals surface area contributed by atoms with Crippen LogP contribution in [-0.4, -0.2) is 27.9 Å². The standard InChI is InChI=1S/C14H12N2O4S/c1-19-12-6-9(7-17)2-3-11(12)20-13-10(8-18)16-4-5-21-14(16)15-13/h2-6,8,17H,7H2,1H3. The fraction of sp³-hybridized carbons (Fsp3) is 0.143. The van der Waals surface area contributed by atoms with Crippen molar-refractivity contribution in [1.82, 2.24) is 9.38 Å². The summed E-state index contributed by atoms with van der Waals surface area (Å²) in [5, 5.41) is 11.0. The van der Waals surface area contributed by atoms with Gasteiger partial charge in [-0.1, -0.05) is 6.07 Å². The van der Waals surface area contributed by atoms with E-state index in [1.54, 1.807) is 28.8 Å². The van der Waals surface area contributed by atoms with Crippen molar-refractivity contribution in [2.45, 2.75) is 6.61 Å². The molecule has 0 fully saturated rings. The van der Waals surface area contributed by atoms with Crippen molar-refractivity contribution in [3.63, 3.8) is 0 Å². The van der Waals surface area contributed by atoms with Gasteiger partial charge in [0.25, 0.3) is 0 Å². The molecule has 0 aliphatic heterocycles. The first kappa shape index (κ1) is 13.6. The monoisotopic (exact) mass is 304 g/mol. The Morgan fingerprint density at radius 2 is 2.29 bits per heavy atom. The van der Waals surface area contributed by atoms with E-state index >= 15 is 0 Å². The number of methoxy groups -OCH3 is 1. The number of hydrogen-bond acceptors (Lipinski definition) is 6. The predicted molar refractivity (Wildman–Crippen MR) is 77.4 cm³/mol. The molecule has 0 amide bonds. The Morgan fingerprint density at radius 1 is 1.43 bits per heavy atom. The summed E-state index contributed by atoms with van der Waals surface area (Å²) >= 11 is 1.41. The number of thiazole rings is 1. The number of carbonyl (C=O) groups excluding carboxylic acids is 1. The minimum atomic E-state index is -0.0869. The van der Waals surface area contributed by atoms with Gasteiger partial charge in [0.2, 0.25) is 5.88 Å².